The van der Waals surface area contributed by atoms with Gasteiger partial charge in [-0.3, -0.25) is 0 Å². The van der Waals surface area contributed by atoms with E-state index in [2.05, 4.69) is 128 Å². The van der Waals surface area contributed by atoms with Crippen molar-refractivity contribution < 1.29 is 0 Å². The minimum Gasteiger partial charge on any atom is -0.309 e. The molecule has 0 aliphatic carbocycles. The van der Waals surface area contributed by atoms with Crippen molar-refractivity contribution in [3.05, 3.63) is 76.9 Å². The Morgan fingerprint density at radius 2 is 1.03 bits per heavy atom. The molecule has 0 aliphatic heterocycles. The molecule has 0 radical (unpaired) electrons. The minimum atomic E-state index is 0.103. The average molecular weight is 426 g/mol. The molecule has 0 unspecified atom stereocenters. The second-order valence-corrected chi connectivity index (χ2v) is 12.5. The van der Waals surface area contributed by atoms with E-state index in [9.17, 15) is 0 Å². The predicted molar refractivity (Wildman–Crippen MR) is 142 cm³/mol. The van der Waals surface area contributed by atoms with E-state index >= 15 is 0 Å². The van der Waals surface area contributed by atoms with Gasteiger partial charge in [-0.1, -0.05) is 98.7 Å². The van der Waals surface area contributed by atoms with Gasteiger partial charge in [0.05, 0.1) is 11.0 Å². The van der Waals surface area contributed by atoms with E-state index in [1.807, 2.05) is 0 Å². The fourth-order valence-corrected chi connectivity index (χ4v) is 4.89. The number of rotatable bonds is 1. The third-order valence-electron chi connectivity index (χ3n) is 6.85. The Bertz CT molecular complexity index is 1240. The smallest absolute Gasteiger partial charge is 0.0544 e. The van der Waals surface area contributed by atoms with Gasteiger partial charge >= 0.3 is 0 Å². The van der Waals surface area contributed by atoms with Crippen molar-refractivity contribution in [2.75, 3.05) is 0 Å². The summed E-state index contributed by atoms with van der Waals surface area (Å²) in [5.74, 6) is 0. The van der Waals surface area contributed by atoms with E-state index in [1.54, 1.807) is 0 Å². The van der Waals surface area contributed by atoms with Gasteiger partial charge in [0.15, 0.2) is 0 Å². The lowest BCUT2D eigenvalue weighted by Crippen LogP contribution is -2.15. The summed E-state index contributed by atoms with van der Waals surface area (Å²) in [6, 6.07) is 20.9. The molecule has 1 aromatic heterocycles. The monoisotopic (exact) mass is 425 g/mol. The van der Waals surface area contributed by atoms with E-state index < -0.39 is 0 Å². The summed E-state index contributed by atoms with van der Waals surface area (Å²) in [4.78, 5) is 0. The standard InChI is InChI=1S/C31H39N/c1-20-25(31(8,9)10)12-11-13-26(20)32-27-18-21(29(2,3)4)14-16-23(27)24-17-15-22(19-28(24)32)30(5,6)7/h11-19H,1-10H3. The number of fused-ring (bicyclic) bond motifs is 3. The van der Waals surface area contributed by atoms with Crippen LogP contribution >= 0.6 is 0 Å². The second kappa shape index (κ2) is 7.24. The molecule has 4 rings (SSSR count). The van der Waals surface area contributed by atoms with E-state index in [0.29, 0.717) is 0 Å². The summed E-state index contributed by atoms with van der Waals surface area (Å²) in [6.07, 6.45) is 0. The highest BCUT2D eigenvalue weighted by atomic mass is 15.0. The van der Waals surface area contributed by atoms with Crippen LogP contribution in [0.15, 0.2) is 54.6 Å². The van der Waals surface area contributed by atoms with E-state index in [1.165, 1.54) is 49.7 Å². The van der Waals surface area contributed by atoms with Crippen molar-refractivity contribution in [3.63, 3.8) is 0 Å². The van der Waals surface area contributed by atoms with Gasteiger partial charge in [0.2, 0.25) is 0 Å². The quantitative estimate of drug-likeness (QED) is 0.287. The third-order valence-corrected chi connectivity index (χ3v) is 6.85. The molecule has 0 amide bonds. The molecule has 168 valence electrons. The molecule has 1 heteroatoms. The van der Waals surface area contributed by atoms with Crippen LogP contribution in [0.25, 0.3) is 27.5 Å². The van der Waals surface area contributed by atoms with Crippen LogP contribution in [0.2, 0.25) is 0 Å². The van der Waals surface area contributed by atoms with Gasteiger partial charge in [-0.2, -0.15) is 0 Å². The topological polar surface area (TPSA) is 4.93 Å². The number of hydrogen-bond donors (Lipinski definition) is 0. The van der Waals surface area contributed by atoms with Crippen molar-refractivity contribution in [1.82, 2.24) is 4.57 Å². The van der Waals surface area contributed by atoms with Crippen molar-refractivity contribution in [2.24, 2.45) is 0 Å². The van der Waals surface area contributed by atoms with E-state index in [0.717, 1.165) is 0 Å². The van der Waals surface area contributed by atoms with E-state index in [-0.39, 0.29) is 16.2 Å². The molecular formula is C31H39N. The van der Waals surface area contributed by atoms with Gasteiger partial charge in [-0.15, -0.1) is 0 Å². The largest absolute Gasteiger partial charge is 0.309 e. The van der Waals surface area contributed by atoms with Gasteiger partial charge in [0.1, 0.15) is 0 Å². The van der Waals surface area contributed by atoms with Crippen molar-refractivity contribution in [2.45, 2.75) is 85.5 Å². The highest BCUT2D eigenvalue weighted by Crippen LogP contribution is 2.39. The highest BCUT2D eigenvalue weighted by Gasteiger charge is 2.23. The van der Waals surface area contributed by atoms with Gasteiger partial charge in [0.25, 0.3) is 0 Å². The maximum absolute atomic E-state index is 2.51. The molecule has 1 heterocycles. The van der Waals surface area contributed by atoms with Gasteiger partial charge in [-0.05, 0) is 63.6 Å². The summed E-state index contributed by atoms with van der Waals surface area (Å²) >= 11 is 0. The predicted octanol–water partition coefficient (Wildman–Crippen LogP) is 8.98. The molecule has 4 aromatic rings. The van der Waals surface area contributed by atoms with Gasteiger partial charge in [-0.25, -0.2) is 0 Å². The first-order valence-corrected chi connectivity index (χ1v) is 11.9. The zero-order chi connectivity index (χ0) is 23.6. The van der Waals surface area contributed by atoms with Crippen LogP contribution in [0.5, 0.6) is 0 Å². The van der Waals surface area contributed by atoms with Crippen molar-refractivity contribution in [1.29, 1.82) is 0 Å². The second-order valence-electron chi connectivity index (χ2n) is 12.5. The molecule has 0 fully saturated rings. The Morgan fingerprint density at radius 3 is 1.44 bits per heavy atom. The molecule has 0 atom stereocenters. The summed E-state index contributed by atoms with van der Waals surface area (Å²) in [5, 5.41) is 2.66. The van der Waals surface area contributed by atoms with Gasteiger partial charge < -0.3 is 4.57 Å². The lowest BCUT2D eigenvalue weighted by atomic mass is 9.83. The summed E-state index contributed by atoms with van der Waals surface area (Å²) < 4.78 is 2.51. The number of benzene rings is 3. The molecule has 0 N–H and O–H groups in total. The fourth-order valence-electron chi connectivity index (χ4n) is 4.89. The third kappa shape index (κ3) is 3.76. The summed E-state index contributed by atoms with van der Waals surface area (Å²) in [6.45, 7) is 23.0. The molecule has 0 saturated carbocycles. The Morgan fingerprint density at radius 1 is 0.562 bits per heavy atom. The van der Waals surface area contributed by atoms with Crippen LogP contribution in [0.4, 0.5) is 0 Å². The molecule has 32 heavy (non-hydrogen) atoms. The SMILES string of the molecule is Cc1c(-n2c3cc(C(C)(C)C)ccc3c3ccc(C(C)(C)C)cc32)cccc1C(C)(C)C. The molecular weight excluding hydrogens is 386 g/mol. The number of aromatic nitrogens is 1. The first-order valence-electron chi connectivity index (χ1n) is 11.9. The van der Waals surface area contributed by atoms with Crippen LogP contribution in [-0.4, -0.2) is 4.57 Å². The maximum atomic E-state index is 2.51. The van der Waals surface area contributed by atoms with Crippen LogP contribution in [0.1, 0.15) is 84.6 Å². The molecule has 3 aromatic carbocycles. The molecule has 0 spiro atoms. The molecule has 0 saturated heterocycles. The van der Waals surface area contributed by atoms with Crippen LogP contribution < -0.4 is 0 Å². The zero-order valence-corrected chi connectivity index (χ0v) is 21.6. The Hall–Kier alpha value is -2.54. The minimum absolute atomic E-state index is 0.103. The Balaban J connectivity index is 2.18. The highest BCUT2D eigenvalue weighted by molar-refractivity contribution is 6.09. The normalized spacial score (nSPS) is 13.3. The average Bonchev–Trinajstić information content (AvgIpc) is 2.99. The van der Waals surface area contributed by atoms with Gasteiger partial charge in [0, 0.05) is 16.5 Å². The molecule has 1 nitrogen and oxygen atoms in total. The number of hydrogen-bond acceptors (Lipinski definition) is 0. The molecule has 0 aliphatic rings. The Kier molecular flexibility index (Phi) is 5.12. The Labute approximate surface area is 194 Å². The van der Waals surface area contributed by atoms with Crippen molar-refractivity contribution >= 4 is 21.8 Å². The fraction of sp³-hybridized carbons (Fsp3) is 0.419. The van der Waals surface area contributed by atoms with Crippen molar-refractivity contribution in [3.8, 4) is 5.69 Å². The first-order chi connectivity index (χ1) is 14.7. The van der Waals surface area contributed by atoms with Crippen LogP contribution in [0, 0.1) is 6.92 Å². The summed E-state index contributed by atoms with van der Waals surface area (Å²) in [5.41, 5.74) is 9.71. The maximum Gasteiger partial charge on any atom is 0.0544 e. The molecule has 0 bridgehead atoms. The first kappa shape index (κ1) is 22.6. The van der Waals surface area contributed by atoms with E-state index in [4.69, 9.17) is 0 Å². The summed E-state index contributed by atoms with van der Waals surface area (Å²) in [7, 11) is 0. The van der Waals surface area contributed by atoms with Crippen LogP contribution in [0.3, 0.4) is 0 Å². The lowest BCUT2D eigenvalue weighted by molar-refractivity contribution is 0.585. The van der Waals surface area contributed by atoms with Crippen LogP contribution in [-0.2, 0) is 16.2 Å². The zero-order valence-electron chi connectivity index (χ0n) is 21.6. The lowest BCUT2D eigenvalue weighted by Gasteiger charge is -2.25. The number of nitrogens with zero attached hydrogens (tertiary/aromatic N) is 1.